The van der Waals surface area contributed by atoms with Gasteiger partial charge in [0, 0.05) is 30.9 Å². The number of anilines is 1. The highest BCUT2D eigenvalue weighted by atomic mass is 16.3. The lowest BCUT2D eigenvalue weighted by Crippen LogP contribution is -2.27. The van der Waals surface area contributed by atoms with Crippen molar-refractivity contribution in [3.8, 4) is 0 Å². The van der Waals surface area contributed by atoms with E-state index in [1.54, 1.807) is 17.0 Å². The molecular weight excluding hydrogens is 206 g/mol. The molecule has 0 aliphatic heterocycles. The Labute approximate surface area is 94.1 Å². The lowest BCUT2D eigenvalue weighted by atomic mass is 10.1. The number of aliphatic hydroxyl groups excluding tert-OH is 1. The molecule has 0 aromatic carbocycles. The van der Waals surface area contributed by atoms with Crippen molar-refractivity contribution >= 4 is 5.82 Å². The van der Waals surface area contributed by atoms with Crippen molar-refractivity contribution in [3.05, 3.63) is 22.7 Å². The molecule has 0 spiro atoms. The van der Waals surface area contributed by atoms with Crippen molar-refractivity contribution < 1.29 is 5.11 Å². The molecule has 16 heavy (non-hydrogen) atoms. The van der Waals surface area contributed by atoms with Crippen LogP contribution in [0.15, 0.2) is 17.2 Å². The number of aromatic nitrogens is 2. The van der Waals surface area contributed by atoms with Gasteiger partial charge in [0.15, 0.2) is 5.82 Å². The lowest BCUT2D eigenvalue weighted by molar-refractivity contribution is 0.219. The van der Waals surface area contributed by atoms with Crippen LogP contribution in [0, 0.1) is 5.41 Å². The van der Waals surface area contributed by atoms with Gasteiger partial charge in [0.2, 0.25) is 0 Å². The van der Waals surface area contributed by atoms with Gasteiger partial charge in [-0.3, -0.25) is 4.79 Å². The molecule has 1 saturated carbocycles. The first-order valence-electron chi connectivity index (χ1n) is 5.61. The predicted octanol–water partition coefficient (Wildman–Crippen LogP) is 0.448. The van der Waals surface area contributed by atoms with Gasteiger partial charge in [0.25, 0.3) is 5.56 Å². The molecule has 1 heterocycles. The van der Waals surface area contributed by atoms with Crippen LogP contribution in [0.3, 0.4) is 0 Å². The van der Waals surface area contributed by atoms with E-state index in [1.165, 1.54) is 0 Å². The van der Waals surface area contributed by atoms with E-state index in [0.717, 1.165) is 12.8 Å². The van der Waals surface area contributed by atoms with Crippen LogP contribution >= 0.6 is 0 Å². The van der Waals surface area contributed by atoms with Crippen molar-refractivity contribution in [2.24, 2.45) is 5.41 Å². The number of nitrogens with zero attached hydrogens (tertiary/aromatic N) is 2. The van der Waals surface area contributed by atoms with Gasteiger partial charge in [-0.1, -0.05) is 0 Å². The molecule has 2 rings (SSSR count). The summed E-state index contributed by atoms with van der Waals surface area (Å²) in [5.41, 5.74) is -0.111. The summed E-state index contributed by atoms with van der Waals surface area (Å²) >= 11 is 0. The van der Waals surface area contributed by atoms with Gasteiger partial charge >= 0.3 is 0 Å². The highest BCUT2D eigenvalue weighted by Crippen LogP contribution is 2.44. The summed E-state index contributed by atoms with van der Waals surface area (Å²) in [6.45, 7) is 3.36. The average Bonchev–Trinajstić information content (AvgIpc) is 3.08. The third-order valence-electron chi connectivity index (χ3n) is 3.18. The van der Waals surface area contributed by atoms with E-state index in [2.05, 4.69) is 10.3 Å². The van der Waals surface area contributed by atoms with Crippen molar-refractivity contribution in [1.29, 1.82) is 0 Å². The van der Waals surface area contributed by atoms with Crippen LogP contribution in [0.5, 0.6) is 0 Å². The fourth-order valence-electron chi connectivity index (χ4n) is 1.66. The topological polar surface area (TPSA) is 67.2 Å². The molecule has 0 unspecified atom stereocenters. The molecule has 0 radical (unpaired) electrons. The largest absolute Gasteiger partial charge is 0.396 e. The molecule has 1 aliphatic rings. The van der Waals surface area contributed by atoms with Gasteiger partial charge in [0.05, 0.1) is 6.61 Å². The number of nitrogens with one attached hydrogen (secondary N) is 1. The number of rotatable bonds is 5. The van der Waals surface area contributed by atoms with E-state index in [-0.39, 0.29) is 17.6 Å². The molecule has 0 saturated heterocycles. The van der Waals surface area contributed by atoms with Crippen LogP contribution in [0.1, 0.15) is 19.8 Å². The highest BCUT2D eigenvalue weighted by Gasteiger charge is 2.41. The molecule has 0 bridgehead atoms. The Bertz CT molecular complexity index is 423. The third kappa shape index (κ3) is 2.09. The molecule has 1 aromatic rings. The van der Waals surface area contributed by atoms with E-state index in [0.29, 0.717) is 18.9 Å². The van der Waals surface area contributed by atoms with E-state index < -0.39 is 0 Å². The number of hydrogen-bond acceptors (Lipinski definition) is 4. The molecule has 2 N–H and O–H groups in total. The SMILES string of the molecule is CCn1ccnc(NCC2(CO)CC2)c1=O. The van der Waals surface area contributed by atoms with E-state index >= 15 is 0 Å². The van der Waals surface area contributed by atoms with Gasteiger partial charge in [-0.05, 0) is 19.8 Å². The molecule has 88 valence electrons. The maximum Gasteiger partial charge on any atom is 0.293 e. The Hall–Kier alpha value is -1.36. The predicted molar refractivity (Wildman–Crippen MR) is 61.4 cm³/mol. The van der Waals surface area contributed by atoms with E-state index in [1.807, 2.05) is 6.92 Å². The molecular formula is C11H17N3O2. The third-order valence-corrected chi connectivity index (χ3v) is 3.18. The summed E-state index contributed by atoms with van der Waals surface area (Å²) in [5.74, 6) is 0.379. The zero-order chi connectivity index (χ0) is 11.6. The van der Waals surface area contributed by atoms with Crippen LogP contribution in [-0.2, 0) is 6.54 Å². The first kappa shape index (κ1) is 11.1. The van der Waals surface area contributed by atoms with E-state index in [9.17, 15) is 4.79 Å². The Morgan fingerprint density at radius 2 is 2.38 bits per heavy atom. The first-order chi connectivity index (χ1) is 7.71. The molecule has 1 aliphatic carbocycles. The van der Waals surface area contributed by atoms with Crippen LogP contribution in [-0.4, -0.2) is 27.8 Å². The molecule has 0 amide bonds. The van der Waals surface area contributed by atoms with Gasteiger partial charge in [-0.15, -0.1) is 0 Å². The van der Waals surface area contributed by atoms with Gasteiger partial charge in [0.1, 0.15) is 0 Å². The summed E-state index contributed by atoms with van der Waals surface area (Å²) in [5, 5.41) is 12.2. The standard InChI is InChI=1S/C11H17N3O2/c1-2-14-6-5-12-9(10(14)16)13-7-11(8-15)3-4-11/h5-6,15H,2-4,7-8H2,1H3,(H,12,13). The Morgan fingerprint density at radius 3 is 2.94 bits per heavy atom. The molecule has 5 heteroatoms. The van der Waals surface area contributed by atoms with Crippen molar-refractivity contribution in [2.45, 2.75) is 26.3 Å². The number of hydrogen-bond donors (Lipinski definition) is 2. The Kier molecular flexibility index (Phi) is 2.96. The summed E-state index contributed by atoms with van der Waals surface area (Å²) in [6.07, 6.45) is 5.33. The van der Waals surface area contributed by atoms with E-state index in [4.69, 9.17) is 5.11 Å². The second kappa shape index (κ2) is 4.25. The smallest absolute Gasteiger partial charge is 0.293 e. The normalized spacial score (nSPS) is 17.1. The van der Waals surface area contributed by atoms with Crippen molar-refractivity contribution in [3.63, 3.8) is 0 Å². The number of aliphatic hydroxyl groups is 1. The molecule has 1 aromatic heterocycles. The Balaban J connectivity index is 2.07. The van der Waals surface area contributed by atoms with Crippen LogP contribution in [0.4, 0.5) is 5.82 Å². The minimum atomic E-state index is -0.0984. The summed E-state index contributed by atoms with van der Waals surface area (Å²) in [4.78, 5) is 15.8. The fourth-order valence-corrected chi connectivity index (χ4v) is 1.66. The summed E-state index contributed by atoms with van der Waals surface area (Å²) < 4.78 is 1.61. The van der Waals surface area contributed by atoms with Gasteiger partial charge in [-0.2, -0.15) is 0 Å². The molecule has 1 fully saturated rings. The van der Waals surface area contributed by atoms with Crippen LogP contribution in [0.25, 0.3) is 0 Å². The van der Waals surface area contributed by atoms with Crippen molar-refractivity contribution in [1.82, 2.24) is 9.55 Å². The maximum atomic E-state index is 11.8. The minimum absolute atomic E-state index is 0.0129. The van der Waals surface area contributed by atoms with Gasteiger partial charge < -0.3 is 15.0 Å². The zero-order valence-electron chi connectivity index (χ0n) is 9.44. The maximum absolute atomic E-state index is 11.8. The molecule has 5 nitrogen and oxygen atoms in total. The quantitative estimate of drug-likeness (QED) is 0.760. The summed E-state index contributed by atoms with van der Waals surface area (Å²) in [6, 6.07) is 0. The average molecular weight is 223 g/mol. The Morgan fingerprint density at radius 1 is 1.62 bits per heavy atom. The lowest BCUT2D eigenvalue weighted by Gasteiger charge is -2.13. The minimum Gasteiger partial charge on any atom is -0.396 e. The highest BCUT2D eigenvalue weighted by molar-refractivity contribution is 5.31. The van der Waals surface area contributed by atoms with Crippen LogP contribution < -0.4 is 10.9 Å². The number of aryl methyl sites for hydroxylation is 1. The van der Waals surface area contributed by atoms with Gasteiger partial charge in [-0.25, -0.2) is 4.98 Å². The fraction of sp³-hybridized carbons (Fsp3) is 0.636. The first-order valence-corrected chi connectivity index (χ1v) is 5.61. The monoisotopic (exact) mass is 223 g/mol. The van der Waals surface area contributed by atoms with Crippen LogP contribution in [0.2, 0.25) is 0 Å². The molecule has 0 atom stereocenters. The second-order valence-electron chi connectivity index (χ2n) is 4.38. The summed E-state index contributed by atoms with van der Waals surface area (Å²) in [7, 11) is 0. The van der Waals surface area contributed by atoms with Crippen molar-refractivity contribution in [2.75, 3.05) is 18.5 Å². The second-order valence-corrected chi connectivity index (χ2v) is 4.38. The zero-order valence-corrected chi connectivity index (χ0v) is 9.44.